The van der Waals surface area contributed by atoms with Crippen molar-refractivity contribution in [1.29, 1.82) is 0 Å². The lowest BCUT2D eigenvalue weighted by Gasteiger charge is -2.01. The van der Waals surface area contributed by atoms with Crippen LogP contribution < -0.4 is 5.43 Å². The van der Waals surface area contributed by atoms with Gasteiger partial charge in [-0.15, -0.1) is 0 Å². The van der Waals surface area contributed by atoms with Crippen molar-refractivity contribution < 1.29 is 19.2 Å². The Hall–Kier alpha value is -4.61. The van der Waals surface area contributed by atoms with Crippen LogP contribution in [0.25, 0.3) is 11.3 Å². The zero-order valence-corrected chi connectivity index (χ0v) is 14.4. The first-order valence-electron chi connectivity index (χ1n) is 7.92. The van der Waals surface area contributed by atoms with Gasteiger partial charge in [0.1, 0.15) is 17.2 Å². The number of nitro groups is 3. The van der Waals surface area contributed by atoms with Crippen molar-refractivity contribution in [2.75, 3.05) is 5.43 Å². The number of nitrogens with one attached hydrogen (secondary N) is 1. The summed E-state index contributed by atoms with van der Waals surface area (Å²) >= 11 is 0. The Balaban J connectivity index is 1.77. The highest BCUT2D eigenvalue weighted by Gasteiger charge is 2.19. The number of hydrogen-bond donors (Lipinski definition) is 1. The van der Waals surface area contributed by atoms with Gasteiger partial charge in [0, 0.05) is 23.8 Å². The summed E-state index contributed by atoms with van der Waals surface area (Å²) in [5.74, 6) is 0.653. The standard InChI is InChI=1S/C17H11N5O7/c23-20(24)12-3-1-2-11(8-12)17-7-5-14(29-17)10-18-19-15-6-4-13(21(25)26)9-16(15)22(27)28/h1-10,19H/b18-10+. The highest BCUT2D eigenvalue weighted by molar-refractivity contribution is 5.79. The summed E-state index contributed by atoms with van der Waals surface area (Å²) in [6.07, 6.45) is 1.24. The van der Waals surface area contributed by atoms with E-state index in [1.807, 2.05) is 0 Å². The molecule has 12 nitrogen and oxygen atoms in total. The van der Waals surface area contributed by atoms with E-state index in [2.05, 4.69) is 10.5 Å². The number of non-ortho nitro benzene ring substituents is 2. The molecule has 0 saturated carbocycles. The van der Waals surface area contributed by atoms with E-state index < -0.39 is 26.1 Å². The summed E-state index contributed by atoms with van der Waals surface area (Å²) in [4.78, 5) is 30.7. The summed E-state index contributed by atoms with van der Waals surface area (Å²) in [5.41, 5.74) is 1.89. The maximum absolute atomic E-state index is 11.1. The summed E-state index contributed by atoms with van der Waals surface area (Å²) in [6.45, 7) is 0. The molecule has 0 bridgehead atoms. The van der Waals surface area contributed by atoms with Crippen LogP contribution in [0.2, 0.25) is 0 Å². The number of hydrazone groups is 1. The predicted octanol–water partition coefficient (Wildman–Crippen LogP) is 4.12. The van der Waals surface area contributed by atoms with Crippen molar-refractivity contribution in [2.45, 2.75) is 0 Å². The van der Waals surface area contributed by atoms with Gasteiger partial charge in [-0.2, -0.15) is 5.10 Å². The maximum atomic E-state index is 11.1. The van der Waals surface area contributed by atoms with Crippen LogP contribution in [0.4, 0.5) is 22.7 Å². The molecule has 0 unspecified atom stereocenters. The van der Waals surface area contributed by atoms with Gasteiger partial charge in [-0.25, -0.2) is 0 Å². The van der Waals surface area contributed by atoms with E-state index in [4.69, 9.17) is 4.42 Å². The molecule has 0 fully saturated rings. The molecule has 3 rings (SSSR count). The smallest absolute Gasteiger partial charge is 0.301 e. The molecular weight excluding hydrogens is 386 g/mol. The first kappa shape index (κ1) is 19.2. The number of furan rings is 1. The zero-order chi connectivity index (χ0) is 21.0. The molecule has 2 aromatic carbocycles. The number of anilines is 1. The number of rotatable bonds is 7. The van der Waals surface area contributed by atoms with Crippen molar-refractivity contribution in [3.63, 3.8) is 0 Å². The second-order valence-corrected chi connectivity index (χ2v) is 5.60. The molecule has 1 aromatic heterocycles. The Kier molecular flexibility index (Phi) is 5.26. The van der Waals surface area contributed by atoms with Crippen LogP contribution in [0.3, 0.4) is 0 Å². The van der Waals surface area contributed by atoms with Gasteiger partial charge in [0.2, 0.25) is 0 Å². The van der Waals surface area contributed by atoms with Crippen LogP contribution in [-0.4, -0.2) is 21.0 Å². The monoisotopic (exact) mass is 397 g/mol. The van der Waals surface area contributed by atoms with Crippen molar-refractivity contribution in [1.82, 2.24) is 0 Å². The Morgan fingerprint density at radius 3 is 2.28 bits per heavy atom. The van der Waals surface area contributed by atoms with Crippen LogP contribution in [0, 0.1) is 30.3 Å². The summed E-state index contributed by atoms with van der Waals surface area (Å²) in [5, 5.41) is 36.5. The molecule has 3 aromatic rings. The van der Waals surface area contributed by atoms with Crippen LogP contribution in [0.15, 0.2) is 64.1 Å². The Bertz CT molecular complexity index is 1140. The van der Waals surface area contributed by atoms with Gasteiger partial charge < -0.3 is 4.42 Å². The molecule has 0 aliphatic carbocycles. The topological polar surface area (TPSA) is 167 Å². The summed E-state index contributed by atoms with van der Waals surface area (Å²) in [6, 6.07) is 12.1. The van der Waals surface area contributed by atoms with Crippen molar-refractivity contribution in [2.24, 2.45) is 5.10 Å². The molecule has 0 aliphatic heterocycles. The second-order valence-electron chi connectivity index (χ2n) is 5.60. The SMILES string of the molecule is O=[N+]([O-])c1cccc(-c2ccc(/C=N/Nc3ccc([N+](=O)[O-])cc3[N+](=O)[O-])o2)c1. The summed E-state index contributed by atoms with van der Waals surface area (Å²) < 4.78 is 5.54. The normalized spacial score (nSPS) is 10.8. The van der Waals surface area contributed by atoms with E-state index in [0.29, 0.717) is 11.3 Å². The molecule has 0 spiro atoms. The average molecular weight is 397 g/mol. The lowest BCUT2D eigenvalue weighted by atomic mass is 10.1. The van der Waals surface area contributed by atoms with Crippen molar-refractivity contribution >= 4 is 29.0 Å². The van der Waals surface area contributed by atoms with E-state index in [1.165, 1.54) is 30.5 Å². The third-order valence-corrected chi connectivity index (χ3v) is 3.73. The van der Waals surface area contributed by atoms with Gasteiger partial charge in [0.15, 0.2) is 0 Å². The van der Waals surface area contributed by atoms with E-state index >= 15 is 0 Å². The second kappa shape index (κ2) is 7.96. The van der Waals surface area contributed by atoms with Gasteiger partial charge in [0.25, 0.3) is 11.4 Å². The first-order chi connectivity index (χ1) is 13.8. The molecule has 0 aliphatic rings. The van der Waals surface area contributed by atoms with Crippen LogP contribution in [0.5, 0.6) is 0 Å². The Labute approximate surface area is 161 Å². The molecular formula is C17H11N5O7. The van der Waals surface area contributed by atoms with Gasteiger partial charge in [-0.3, -0.25) is 35.8 Å². The van der Waals surface area contributed by atoms with Gasteiger partial charge >= 0.3 is 5.69 Å². The fourth-order valence-corrected chi connectivity index (χ4v) is 2.39. The van der Waals surface area contributed by atoms with Gasteiger partial charge in [0.05, 0.1) is 27.1 Å². The van der Waals surface area contributed by atoms with Gasteiger partial charge in [-0.05, 0) is 18.2 Å². The molecule has 0 amide bonds. The average Bonchev–Trinajstić information content (AvgIpc) is 3.17. The minimum atomic E-state index is -0.766. The highest BCUT2D eigenvalue weighted by Crippen LogP contribution is 2.29. The summed E-state index contributed by atoms with van der Waals surface area (Å²) in [7, 11) is 0. The Morgan fingerprint density at radius 1 is 0.862 bits per heavy atom. The molecule has 1 N–H and O–H groups in total. The molecule has 29 heavy (non-hydrogen) atoms. The number of benzene rings is 2. The number of nitrogens with zero attached hydrogens (tertiary/aromatic N) is 4. The lowest BCUT2D eigenvalue weighted by molar-refractivity contribution is -0.393. The van der Waals surface area contributed by atoms with E-state index in [1.54, 1.807) is 18.2 Å². The maximum Gasteiger partial charge on any atom is 0.301 e. The molecule has 0 saturated heterocycles. The molecule has 1 heterocycles. The molecule has 146 valence electrons. The lowest BCUT2D eigenvalue weighted by Crippen LogP contribution is -1.98. The fourth-order valence-electron chi connectivity index (χ4n) is 2.39. The fraction of sp³-hybridized carbons (Fsp3) is 0. The minimum absolute atomic E-state index is 0.0395. The third kappa shape index (κ3) is 4.39. The van der Waals surface area contributed by atoms with Crippen LogP contribution >= 0.6 is 0 Å². The zero-order valence-electron chi connectivity index (χ0n) is 14.4. The van der Waals surface area contributed by atoms with Crippen molar-refractivity contribution in [3.05, 3.63) is 90.7 Å². The van der Waals surface area contributed by atoms with Crippen LogP contribution in [0.1, 0.15) is 5.76 Å². The largest absolute Gasteiger partial charge is 0.455 e. The molecule has 0 radical (unpaired) electrons. The number of nitro benzene ring substituents is 3. The third-order valence-electron chi connectivity index (χ3n) is 3.73. The van der Waals surface area contributed by atoms with E-state index in [9.17, 15) is 30.3 Å². The highest BCUT2D eigenvalue weighted by atomic mass is 16.6. The van der Waals surface area contributed by atoms with Crippen LogP contribution in [-0.2, 0) is 0 Å². The predicted molar refractivity (Wildman–Crippen MR) is 102 cm³/mol. The quantitative estimate of drug-likeness (QED) is 0.353. The van der Waals surface area contributed by atoms with Crippen molar-refractivity contribution in [3.8, 4) is 11.3 Å². The molecule has 12 heteroatoms. The number of hydrogen-bond acceptors (Lipinski definition) is 9. The minimum Gasteiger partial charge on any atom is -0.455 e. The van der Waals surface area contributed by atoms with E-state index in [-0.39, 0.29) is 17.1 Å². The van der Waals surface area contributed by atoms with Gasteiger partial charge in [-0.1, -0.05) is 12.1 Å². The van der Waals surface area contributed by atoms with E-state index in [0.717, 1.165) is 12.1 Å². The Morgan fingerprint density at radius 2 is 1.59 bits per heavy atom. The first-order valence-corrected chi connectivity index (χ1v) is 7.92. The molecule has 0 atom stereocenters.